The van der Waals surface area contributed by atoms with E-state index in [-0.39, 0.29) is 16.9 Å². The molecule has 7 heteroatoms. The van der Waals surface area contributed by atoms with Gasteiger partial charge in [0.1, 0.15) is 0 Å². The number of anilines is 2. The standard InChI is InChI=1S/C17H16ClN3O2S/c1-2-15(22)19-11-7-9-12(10-8-11)20-17(24)21-16(23)13-5-3-4-6-14(13)18/h3-10H,2H2,1H3,(H,19,22)(H2,20,21,23,24). The molecule has 0 spiro atoms. The van der Waals surface area contributed by atoms with Crippen LogP contribution in [0.25, 0.3) is 0 Å². The maximum absolute atomic E-state index is 12.1. The Morgan fingerprint density at radius 3 is 2.17 bits per heavy atom. The molecule has 0 unspecified atom stereocenters. The highest BCUT2D eigenvalue weighted by Crippen LogP contribution is 2.15. The quantitative estimate of drug-likeness (QED) is 0.724. The smallest absolute Gasteiger partial charge is 0.258 e. The number of benzene rings is 2. The number of rotatable bonds is 4. The third-order valence-corrected chi connectivity index (χ3v) is 3.63. The minimum absolute atomic E-state index is 0.0572. The molecule has 2 rings (SSSR count). The topological polar surface area (TPSA) is 70.2 Å². The second-order valence-electron chi connectivity index (χ2n) is 4.87. The van der Waals surface area contributed by atoms with Gasteiger partial charge in [0.05, 0.1) is 10.6 Å². The third kappa shape index (κ3) is 5.04. The third-order valence-electron chi connectivity index (χ3n) is 3.09. The number of amides is 2. The first-order valence-electron chi connectivity index (χ1n) is 7.26. The molecule has 0 atom stereocenters. The van der Waals surface area contributed by atoms with Crippen molar-refractivity contribution in [3.63, 3.8) is 0 Å². The fourth-order valence-electron chi connectivity index (χ4n) is 1.86. The Hall–Kier alpha value is -2.44. The van der Waals surface area contributed by atoms with E-state index in [2.05, 4.69) is 16.0 Å². The van der Waals surface area contributed by atoms with Gasteiger partial charge in [0, 0.05) is 17.8 Å². The van der Waals surface area contributed by atoms with Gasteiger partial charge in [-0.2, -0.15) is 0 Å². The highest BCUT2D eigenvalue weighted by molar-refractivity contribution is 7.80. The molecule has 0 aliphatic carbocycles. The van der Waals surface area contributed by atoms with Gasteiger partial charge in [-0.1, -0.05) is 30.7 Å². The first kappa shape index (κ1) is 17.9. The Morgan fingerprint density at radius 2 is 1.58 bits per heavy atom. The van der Waals surface area contributed by atoms with Crippen LogP contribution in [0.2, 0.25) is 5.02 Å². The molecule has 0 fully saturated rings. The molecule has 2 aromatic carbocycles. The summed E-state index contributed by atoms with van der Waals surface area (Å²) in [6.45, 7) is 1.78. The lowest BCUT2D eigenvalue weighted by Crippen LogP contribution is -2.34. The molecule has 0 radical (unpaired) electrons. The van der Waals surface area contributed by atoms with E-state index >= 15 is 0 Å². The van der Waals surface area contributed by atoms with Crippen LogP contribution in [0.1, 0.15) is 23.7 Å². The number of nitrogens with one attached hydrogen (secondary N) is 3. The van der Waals surface area contributed by atoms with Crippen LogP contribution in [-0.2, 0) is 4.79 Å². The summed E-state index contributed by atoms with van der Waals surface area (Å²) < 4.78 is 0. The van der Waals surface area contributed by atoms with E-state index in [0.717, 1.165) is 0 Å². The molecule has 0 saturated carbocycles. The zero-order valence-electron chi connectivity index (χ0n) is 12.9. The van der Waals surface area contributed by atoms with E-state index in [1.54, 1.807) is 55.5 Å². The number of halogens is 1. The van der Waals surface area contributed by atoms with Crippen LogP contribution >= 0.6 is 23.8 Å². The number of hydrogen-bond donors (Lipinski definition) is 3. The van der Waals surface area contributed by atoms with Crippen molar-refractivity contribution in [1.29, 1.82) is 0 Å². The number of carbonyl (C=O) groups is 2. The first-order valence-corrected chi connectivity index (χ1v) is 8.05. The lowest BCUT2D eigenvalue weighted by Gasteiger charge is -2.11. The Morgan fingerprint density at radius 1 is 1.00 bits per heavy atom. The summed E-state index contributed by atoms with van der Waals surface area (Å²) in [5.41, 5.74) is 1.73. The van der Waals surface area contributed by atoms with E-state index in [1.807, 2.05) is 0 Å². The number of thiocarbonyl (C=S) groups is 1. The predicted octanol–water partition coefficient (Wildman–Crippen LogP) is 3.82. The molecular weight excluding hydrogens is 346 g/mol. The van der Waals surface area contributed by atoms with Gasteiger partial charge in [0.25, 0.3) is 5.91 Å². The molecule has 0 aliphatic heterocycles. The normalized spacial score (nSPS) is 9.92. The molecule has 24 heavy (non-hydrogen) atoms. The van der Waals surface area contributed by atoms with Gasteiger partial charge in [0.2, 0.25) is 5.91 Å². The SMILES string of the molecule is CCC(=O)Nc1ccc(NC(=S)NC(=O)c2ccccc2Cl)cc1. The van der Waals surface area contributed by atoms with Gasteiger partial charge in [-0.05, 0) is 48.6 Å². The molecule has 124 valence electrons. The van der Waals surface area contributed by atoms with Gasteiger partial charge in [-0.25, -0.2) is 0 Å². The molecule has 0 aromatic heterocycles. The zero-order chi connectivity index (χ0) is 17.5. The Balaban J connectivity index is 1.94. The van der Waals surface area contributed by atoms with Gasteiger partial charge in [0.15, 0.2) is 5.11 Å². The molecule has 2 aromatic rings. The summed E-state index contributed by atoms with van der Waals surface area (Å²) in [6.07, 6.45) is 0.415. The fourth-order valence-corrected chi connectivity index (χ4v) is 2.30. The molecule has 0 saturated heterocycles. The van der Waals surface area contributed by atoms with E-state index < -0.39 is 0 Å². The largest absolute Gasteiger partial charge is 0.332 e. The van der Waals surface area contributed by atoms with Crippen LogP contribution in [-0.4, -0.2) is 16.9 Å². The molecule has 0 aliphatic rings. The van der Waals surface area contributed by atoms with E-state index in [9.17, 15) is 9.59 Å². The zero-order valence-corrected chi connectivity index (χ0v) is 14.5. The molecule has 0 bridgehead atoms. The van der Waals surface area contributed by atoms with Crippen molar-refractivity contribution in [1.82, 2.24) is 5.32 Å². The Bertz CT molecular complexity index is 763. The van der Waals surface area contributed by atoms with Crippen molar-refractivity contribution in [2.24, 2.45) is 0 Å². The average Bonchev–Trinajstić information content (AvgIpc) is 2.56. The minimum atomic E-state index is -0.384. The number of carbonyl (C=O) groups excluding carboxylic acids is 2. The summed E-state index contributed by atoms with van der Waals surface area (Å²) in [4.78, 5) is 23.4. The van der Waals surface area contributed by atoms with Crippen molar-refractivity contribution >= 4 is 52.1 Å². The van der Waals surface area contributed by atoms with Gasteiger partial charge < -0.3 is 10.6 Å². The molecule has 5 nitrogen and oxygen atoms in total. The molecule has 2 amide bonds. The second kappa shape index (κ2) is 8.42. The highest BCUT2D eigenvalue weighted by atomic mass is 35.5. The van der Waals surface area contributed by atoms with E-state index in [0.29, 0.717) is 28.4 Å². The fraction of sp³-hybridized carbons (Fsp3) is 0.118. The van der Waals surface area contributed by atoms with Gasteiger partial charge in [-0.3, -0.25) is 14.9 Å². The molecule has 0 heterocycles. The van der Waals surface area contributed by atoms with Gasteiger partial charge in [-0.15, -0.1) is 0 Å². The minimum Gasteiger partial charge on any atom is -0.332 e. The number of hydrogen-bond acceptors (Lipinski definition) is 3. The van der Waals surface area contributed by atoms with Gasteiger partial charge >= 0.3 is 0 Å². The lowest BCUT2D eigenvalue weighted by molar-refractivity contribution is -0.115. The maximum atomic E-state index is 12.1. The highest BCUT2D eigenvalue weighted by Gasteiger charge is 2.11. The van der Waals surface area contributed by atoms with Crippen LogP contribution in [0.3, 0.4) is 0 Å². The van der Waals surface area contributed by atoms with E-state index in [4.69, 9.17) is 23.8 Å². The predicted molar refractivity (Wildman–Crippen MR) is 101 cm³/mol. The van der Waals surface area contributed by atoms with Crippen molar-refractivity contribution in [2.75, 3.05) is 10.6 Å². The monoisotopic (exact) mass is 361 g/mol. The molecular formula is C17H16ClN3O2S. The van der Waals surface area contributed by atoms with Crippen LogP contribution in [0.4, 0.5) is 11.4 Å². The van der Waals surface area contributed by atoms with Crippen LogP contribution in [0, 0.1) is 0 Å². The summed E-state index contributed by atoms with van der Waals surface area (Å²) in [7, 11) is 0. The first-order chi connectivity index (χ1) is 11.5. The summed E-state index contributed by atoms with van der Waals surface area (Å²) in [5.74, 6) is -0.442. The molecule has 3 N–H and O–H groups in total. The van der Waals surface area contributed by atoms with Crippen LogP contribution < -0.4 is 16.0 Å². The summed E-state index contributed by atoms with van der Waals surface area (Å²) in [5, 5.41) is 8.73. The maximum Gasteiger partial charge on any atom is 0.258 e. The lowest BCUT2D eigenvalue weighted by atomic mass is 10.2. The van der Waals surface area contributed by atoms with Crippen molar-refractivity contribution in [3.05, 3.63) is 59.1 Å². The van der Waals surface area contributed by atoms with Crippen molar-refractivity contribution in [3.8, 4) is 0 Å². The Kier molecular flexibility index (Phi) is 6.28. The van der Waals surface area contributed by atoms with Crippen molar-refractivity contribution < 1.29 is 9.59 Å². The summed E-state index contributed by atoms with van der Waals surface area (Å²) in [6, 6.07) is 13.7. The van der Waals surface area contributed by atoms with Crippen LogP contribution in [0.5, 0.6) is 0 Å². The Labute approximate surface area is 150 Å². The van der Waals surface area contributed by atoms with Crippen molar-refractivity contribution in [2.45, 2.75) is 13.3 Å². The van der Waals surface area contributed by atoms with Crippen LogP contribution in [0.15, 0.2) is 48.5 Å². The van der Waals surface area contributed by atoms with E-state index in [1.165, 1.54) is 0 Å². The average molecular weight is 362 g/mol. The summed E-state index contributed by atoms with van der Waals surface area (Å²) >= 11 is 11.1. The second-order valence-corrected chi connectivity index (χ2v) is 5.68.